The molecule has 2 heterocycles. The summed E-state index contributed by atoms with van der Waals surface area (Å²) in [5.74, 6) is 1.94. The van der Waals surface area contributed by atoms with Crippen LogP contribution < -0.4 is 20.9 Å². The zero-order valence-electron chi connectivity index (χ0n) is 15.1. The summed E-state index contributed by atoms with van der Waals surface area (Å²) in [7, 11) is 0. The van der Waals surface area contributed by atoms with E-state index in [1.807, 2.05) is 6.07 Å². The van der Waals surface area contributed by atoms with Crippen molar-refractivity contribution in [2.75, 3.05) is 36.4 Å². The molecule has 2 fully saturated rings. The Morgan fingerprint density at radius 2 is 2.20 bits per heavy atom. The summed E-state index contributed by atoms with van der Waals surface area (Å²) in [5, 5.41) is 9.01. The number of nitrogens with zero attached hydrogens (tertiary/aromatic N) is 3. The van der Waals surface area contributed by atoms with Gasteiger partial charge in [0.05, 0.1) is 0 Å². The number of amides is 2. The molecular weight excluding hydrogens is 316 g/mol. The first-order chi connectivity index (χ1) is 12.3. The van der Waals surface area contributed by atoms with Gasteiger partial charge in [-0.1, -0.05) is 12.8 Å². The molecule has 1 aliphatic carbocycles. The quantitative estimate of drug-likeness (QED) is 0.706. The van der Waals surface area contributed by atoms with Crippen LogP contribution in [0, 0.1) is 5.92 Å². The van der Waals surface area contributed by atoms with Crippen LogP contribution in [0.3, 0.4) is 0 Å². The molecular formula is C18H30N6O. The minimum atomic E-state index is -0.230. The van der Waals surface area contributed by atoms with Crippen molar-refractivity contribution < 1.29 is 4.79 Å². The Labute approximate surface area is 150 Å². The van der Waals surface area contributed by atoms with Crippen molar-refractivity contribution in [1.82, 2.24) is 20.6 Å². The molecule has 1 saturated carbocycles. The van der Waals surface area contributed by atoms with Gasteiger partial charge in [-0.2, -0.15) is 4.98 Å². The normalized spacial score (nSPS) is 20.6. The zero-order chi connectivity index (χ0) is 17.5. The Hall–Kier alpha value is -1.89. The standard InChI is InChI=1S/C18H30N6O/c1-2-24(15-5-3-4-6-15)16-9-12-20-17(22-16)23-18(25)21-11-8-14-7-10-19-13-14/h9,12,14-15,19H,2-8,10-11,13H2,1H3,(H2,20,21,22,23,25). The summed E-state index contributed by atoms with van der Waals surface area (Å²) in [6.45, 7) is 5.90. The van der Waals surface area contributed by atoms with Crippen LogP contribution in [0.4, 0.5) is 16.6 Å². The van der Waals surface area contributed by atoms with Crippen LogP contribution in [-0.2, 0) is 0 Å². The highest BCUT2D eigenvalue weighted by Gasteiger charge is 2.23. The van der Waals surface area contributed by atoms with Gasteiger partial charge in [-0.3, -0.25) is 5.32 Å². The molecule has 2 amide bonds. The van der Waals surface area contributed by atoms with Crippen LogP contribution in [0.15, 0.2) is 12.3 Å². The van der Waals surface area contributed by atoms with Gasteiger partial charge in [0.25, 0.3) is 0 Å². The molecule has 1 atom stereocenters. The van der Waals surface area contributed by atoms with E-state index in [0.29, 0.717) is 24.5 Å². The molecule has 1 unspecified atom stereocenters. The van der Waals surface area contributed by atoms with Crippen LogP contribution in [0.1, 0.15) is 45.4 Å². The Balaban J connectivity index is 1.50. The molecule has 1 aromatic heterocycles. The number of hydrogen-bond donors (Lipinski definition) is 3. The van der Waals surface area contributed by atoms with Crippen LogP contribution in [0.25, 0.3) is 0 Å². The van der Waals surface area contributed by atoms with Crippen molar-refractivity contribution in [3.05, 3.63) is 12.3 Å². The second-order valence-electron chi connectivity index (χ2n) is 6.99. The van der Waals surface area contributed by atoms with E-state index in [1.54, 1.807) is 6.20 Å². The summed E-state index contributed by atoms with van der Waals surface area (Å²) in [6, 6.07) is 2.26. The fourth-order valence-electron chi connectivity index (χ4n) is 3.89. The van der Waals surface area contributed by atoms with Gasteiger partial charge in [0.2, 0.25) is 5.95 Å². The van der Waals surface area contributed by atoms with Gasteiger partial charge in [-0.25, -0.2) is 9.78 Å². The van der Waals surface area contributed by atoms with E-state index < -0.39 is 0 Å². The van der Waals surface area contributed by atoms with E-state index in [-0.39, 0.29) is 6.03 Å². The highest BCUT2D eigenvalue weighted by Crippen LogP contribution is 2.27. The Morgan fingerprint density at radius 1 is 1.36 bits per heavy atom. The van der Waals surface area contributed by atoms with Gasteiger partial charge in [0.15, 0.2) is 0 Å². The third-order valence-corrected chi connectivity index (χ3v) is 5.27. The van der Waals surface area contributed by atoms with Crippen molar-refractivity contribution in [3.63, 3.8) is 0 Å². The minimum Gasteiger partial charge on any atom is -0.354 e. The molecule has 0 radical (unpaired) electrons. The van der Waals surface area contributed by atoms with Gasteiger partial charge in [-0.05, 0) is 57.7 Å². The smallest absolute Gasteiger partial charge is 0.321 e. The fraction of sp³-hybridized carbons (Fsp3) is 0.722. The predicted molar refractivity (Wildman–Crippen MR) is 99.9 cm³/mol. The summed E-state index contributed by atoms with van der Waals surface area (Å²) in [5.41, 5.74) is 0. The molecule has 0 spiro atoms. The lowest BCUT2D eigenvalue weighted by Gasteiger charge is -2.28. The summed E-state index contributed by atoms with van der Waals surface area (Å²) in [6.07, 6.45) is 8.94. The van der Waals surface area contributed by atoms with E-state index in [2.05, 4.69) is 37.7 Å². The van der Waals surface area contributed by atoms with E-state index in [1.165, 1.54) is 32.1 Å². The molecule has 7 nitrogen and oxygen atoms in total. The zero-order valence-corrected chi connectivity index (χ0v) is 15.1. The van der Waals surface area contributed by atoms with Gasteiger partial charge in [0.1, 0.15) is 5.82 Å². The molecule has 0 bridgehead atoms. The van der Waals surface area contributed by atoms with Crippen LogP contribution in [0.2, 0.25) is 0 Å². The molecule has 25 heavy (non-hydrogen) atoms. The number of carbonyl (C=O) groups excluding carboxylic acids is 1. The molecule has 3 rings (SSSR count). The van der Waals surface area contributed by atoms with E-state index in [0.717, 1.165) is 31.9 Å². The lowest BCUT2D eigenvalue weighted by atomic mass is 10.1. The SMILES string of the molecule is CCN(c1ccnc(NC(=O)NCCC2CCNC2)n1)C1CCCC1. The van der Waals surface area contributed by atoms with E-state index in [4.69, 9.17) is 0 Å². The Morgan fingerprint density at radius 3 is 2.92 bits per heavy atom. The lowest BCUT2D eigenvalue weighted by molar-refractivity contribution is 0.251. The third-order valence-electron chi connectivity index (χ3n) is 5.27. The maximum absolute atomic E-state index is 12.1. The van der Waals surface area contributed by atoms with Gasteiger partial charge in [-0.15, -0.1) is 0 Å². The van der Waals surface area contributed by atoms with Gasteiger partial charge in [0, 0.05) is 25.3 Å². The Kier molecular flexibility index (Phi) is 6.44. The summed E-state index contributed by atoms with van der Waals surface area (Å²) in [4.78, 5) is 23.1. The molecule has 2 aliphatic rings. The molecule has 1 saturated heterocycles. The topological polar surface area (TPSA) is 82.2 Å². The largest absolute Gasteiger partial charge is 0.354 e. The predicted octanol–water partition coefficient (Wildman–Crippen LogP) is 2.37. The fourth-order valence-corrected chi connectivity index (χ4v) is 3.89. The van der Waals surface area contributed by atoms with Crippen molar-refractivity contribution in [2.24, 2.45) is 5.92 Å². The number of carbonyl (C=O) groups is 1. The maximum Gasteiger partial charge on any atom is 0.321 e. The first-order valence-corrected chi connectivity index (χ1v) is 9.61. The first-order valence-electron chi connectivity index (χ1n) is 9.61. The van der Waals surface area contributed by atoms with Gasteiger partial charge >= 0.3 is 6.03 Å². The van der Waals surface area contributed by atoms with Crippen molar-refractivity contribution in [2.45, 2.75) is 51.5 Å². The van der Waals surface area contributed by atoms with Crippen LogP contribution >= 0.6 is 0 Å². The Bertz CT molecular complexity index is 554. The molecule has 0 aromatic carbocycles. The second-order valence-corrected chi connectivity index (χ2v) is 6.99. The average molecular weight is 346 g/mol. The number of rotatable bonds is 7. The van der Waals surface area contributed by atoms with Crippen molar-refractivity contribution >= 4 is 17.8 Å². The number of anilines is 2. The van der Waals surface area contributed by atoms with Crippen LogP contribution in [0.5, 0.6) is 0 Å². The van der Waals surface area contributed by atoms with Gasteiger partial charge < -0.3 is 15.5 Å². The molecule has 7 heteroatoms. The van der Waals surface area contributed by atoms with E-state index >= 15 is 0 Å². The summed E-state index contributed by atoms with van der Waals surface area (Å²) < 4.78 is 0. The molecule has 138 valence electrons. The van der Waals surface area contributed by atoms with E-state index in [9.17, 15) is 4.79 Å². The molecule has 3 N–H and O–H groups in total. The maximum atomic E-state index is 12.1. The van der Waals surface area contributed by atoms with Crippen molar-refractivity contribution in [1.29, 1.82) is 0 Å². The number of nitrogens with one attached hydrogen (secondary N) is 3. The minimum absolute atomic E-state index is 0.230. The first kappa shape index (κ1) is 17.9. The number of urea groups is 1. The highest BCUT2D eigenvalue weighted by atomic mass is 16.2. The average Bonchev–Trinajstić information content (AvgIpc) is 3.30. The second kappa shape index (κ2) is 8.99. The monoisotopic (exact) mass is 346 g/mol. The lowest BCUT2D eigenvalue weighted by Crippen LogP contribution is -2.34. The molecule has 1 aromatic rings. The number of hydrogen-bond acceptors (Lipinski definition) is 5. The number of aromatic nitrogens is 2. The summed E-state index contributed by atoms with van der Waals surface area (Å²) >= 11 is 0. The van der Waals surface area contributed by atoms with Crippen LogP contribution in [-0.4, -0.2) is 48.2 Å². The molecule has 1 aliphatic heterocycles. The highest BCUT2D eigenvalue weighted by molar-refractivity contribution is 5.87. The van der Waals surface area contributed by atoms with Crippen molar-refractivity contribution in [3.8, 4) is 0 Å². The third kappa shape index (κ3) is 5.04.